The number of H-pyrrole nitrogens is 1. The number of nitrogens with one attached hydrogen (secondary N) is 1. The van der Waals surface area contributed by atoms with Crippen molar-refractivity contribution in [1.82, 2.24) is 9.88 Å². The van der Waals surface area contributed by atoms with Crippen molar-refractivity contribution in [3.05, 3.63) is 35.5 Å². The molecule has 0 amide bonds. The van der Waals surface area contributed by atoms with Gasteiger partial charge in [0.15, 0.2) is 0 Å². The summed E-state index contributed by atoms with van der Waals surface area (Å²) in [5.74, 6) is 0. The summed E-state index contributed by atoms with van der Waals surface area (Å²) >= 11 is 0. The van der Waals surface area contributed by atoms with Gasteiger partial charge in [0.1, 0.15) is 0 Å². The second-order valence-electron chi connectivity index (χ2n) is 5.60. The average molecular weight is 241 g/mol. The fraction of sp³-hybridized carbons (Fsp3) is 0.467. The molecule has 2 aliphatic rings. The van der Waals surface area contributed by atoms with E-state index in [0.717, 1.165) is 19.4 Å². The number of hydrogen-bond acceptors (Lipinski definition) is 2. The van der Waals surface area contributed by atoms with Crippen molar-refractivity contribution in [1.29, 1.82) is 0 Å². The Bertz CT molecular complexity index is 586. The van der Waals surface area contributed by atoms with Crippen LogP contribution in [0.5, 0.6) is 0 Å². The van der Waals surface area contributed by atoms with Crippen molar-refractivity contribution in [2.45, 2.75) is 31.3 Å². The summed E-state index contributed by atoms with van der Waals surface area (Å²) in [5.41, 5.74) is 10.5. The first-order valence-electron chi connectivity index (χ1n) is 6.94. The second kappa shape index (κ2) is 3.84. The minimum atomic E-state index is 0.283. The van der Waals surface area contributed by atoms with Crippen LogP contribution in [0.4, 0.5) is 0 Å². The summed E-state index contributed by atoms with van der Waals surface area (Å²) in [6.45, 7) is 2.36. The Labute approximate surface area is 107 Å². The van der Waals surface area contributed by atoms with Crippen LogP contribution < -0.4 is 5.73 Å². The maximum atomic E-state index is 6.36. The van der Waals surface area contributed by atoms with Gasteiger partial charge in [0.25, 0.3) is 0 Å². The number of aromatic nitrogens is 1. The number of nitrogens with two attached hydrogens (primary N) is 1. The third-order valence-electron chi connectivity index (χ3n) is 4.57. The van der Waals surface area contributed by atoms with Crippen molar-refractivity contribution >= 4 is 10.9 Å². The molecule has 94 valence electrons. The topological polar surface area (TPSA) is 45.0 Å². The lowest BCUT2D eigenvalue weighted by Gasteiger charge is -2.42. The number of hydrogen-bond donors (Lipinski definition) is 2. The van der Waals surface area contributed by atoms with Gasteiger partial charge in [-0.1, -0.05) is 18.2 Å². The molecule has 2 aliphatic heterocycles. The summed E-state index contributed by atoms with van der Waals surface area (Å²) in [6.07, 6.45) is 3.55. The van der Waals surface area contributed by atoms with Crippen LogP contribution in [0.25, 0.3) is 10.9 Å². The number of rotatable bonds is 0. The molecule has 0 radical (unpaired) electrons. The highest BCUT2D eigenvalue weighted by Crippen LogP contribution is 2.38. The quantitative estimate of drug-likeness (QED) is 0.742. The molecule has 0 unspecified atom stereocenters. The molecular formula is C15H19N3. The second-order valence-corrected chi connectivity index (χ2v) is 5.60. The number of nitrogens with zero attached hydrogens (tertiary/aromatic N) is 1. The molecule has 1 saturated heterocycles. The van der Waals surface area contributed by atoms with Crippen molar-refractivity contribution in [2.24, 2.45) is 5.73 Å². The minimum Gasteiger partial charge on any atom is -0.357 e. The van der Waals surface area contributed by atoms with E-state index in [1.165, 1.54) is 35.1 Å². The monoisotopic (exact) mass is 241 g/mol. The Morgan fingerprint density at radius 2 is 2.11 bits per heavy atom. The molecular weight excluding hydrogens is 222 g/mol. The molecule has 18 heavy (non-hydrogen) atoms. The van der Waals surface area contributed by atoms with Gasteiger partial charge >= 0.3 is 0 Å². The SMILES string of the molecule is N[C@@H]1CCCN2CCc3c([nH]c4ccccc34)[C@@H]12. The van der Waals surface area contributed by atoms with E-state index >= 15 is 0 Å². The largest absolute Gasteiger partial charge is 0.357 e. The molecule has 0 saturated carbocycles. The molecule has 2 aromatic rings. The molecule has 3 heterocycles. The maximum Gasteiger partial charge on any atom is 0.0654 e. The number of fused-ring (bicyclic) bond motifs is 5. The molecule has 3 N–H and O–H groups in total. The van der Waals surface area contributed by atoms with Crippen LogP contribution in [0.2, 0.25) is 0 Å². The Kier molecular flexibility index (Phi) is 2.26. The predicted molar refractivity (Wildman–Crippen MR) is 73.5 cm³/mol. The molecule has 3 nitrogen and oxygen atoms in total. The molecule has 4 rings (SSSR count). The van der Waals surface area contributed by atoms with E-state index in [1.807, 2.05) is 0 Å². The van der Waals surface area contributed by atoms with Gasteiger partial charge < -0.3 is 10.7 Å². The van der Waals surface area contributed by atoms with Crippen LogP contribution in [0.3, 0.4) is 0 Å². The van der Waals surface area contributed by atoms with E-state index in [2.05, 4.69) is 34.1 Å². The van der Waals surface area contributed by atoms with Crippen LogP contribution in [-0.2, 0) is 6.42 Å². The van der Waals surface area contributed by atoms with Gasteiger partial charge in [0, 0.05) is 29.2 Å². The standard InChI is InChI=1S/C15H19N3/c16-12-5-3-8-18-9-7-11-10-4-1-2-6-13(10)17-14(11)15(12)18/h1-2,4,6,12,15,17H,3,5,7-9,16H2/t12-,15-/m1/s1. The van der Waals surface area contributed by atoms with Crippen LogP contribution in [-0.4, -0.2) is 29.0 Å². The van der Waals surface area contributed by atoms with Gasteiger partial charge in [-0.3, -0.25) is 4.90 Å². The fourth-order valence-corrected chi connectivity index (χ4v) is 3.74. The van der Waals surface area contributed by atoms with Gasteiger partial charge in [-0.25, -0.2) is 0 Å². The van der Waals surface area contributed by atoms with Crippen molar-refractivity contribution in [2.75, 3.05) is 13.1 Å². The van der Waals surface area contributed by atoms with E-state index in [0.29, 0.717) is 6.04 Å². The first-order valence-corrected chi connectivity index (χ1v) is 6.94. The van der Waals surface area contributed by atoms with E-state index in [1.54, 1.807) is 0 Å². The normalized spacial score (nSPS) is 28.1. The molecule has 2 atom stereocenters. The lowest BCUT2D eigenvalue weighted by atomic mass is 9.88. The molecule has 0 bridgehead atoms. The number of para-hydroxylation sites is 1. The van der Waals surface area contributed by atoms with Crippen LogP contribution in [0, 0.1) is 0 Å². The molecule has 1 fully saturated rings. The van der Waals surface area contributed by atoms with E-state index in [-0.39, 0.29) is 6.04 Å². The van der Waals surface area contributed by atoms with Crippen molar-refractivity contribution in [3.8, 4) is 0 Å². The van der Waals surface area contributed by atoms with Gasteiger partial charge in [-0.2, -0.15) is 0 Å². The van der Waals surface area contributed by atoms with Crippen LogP contribution in [0.15, 0.2) is 24.3 Å². The predicted octanol–water partition coefficient (Wildman–Crippen LogP) is 2.19. The van der Waals surface area contributed by atoms with Gasteiger partial charge in [0.05, 0.1) is 6.04 Å². The van der Waals surface area contributed by atoms with Crippen molar-refractivity contribution in [3.63, 3.8) is 0 Å². The lowest BCUT2D eigenvalue weighted by Crippen LogP contribution is -2.49. The molecule has 0 aliphatic carbocycles. The number of aromatic amines is 1. The fourth-order valence-electron chi connectivity index (χ4n) is 3.74. The number of piperidine rings is 1. The third-order valence-corrected chi connectivity index (χ3v) is 4.57. The smallest absolute Gasteiger partial charge is 0.0654 e. The zero-order valence-electron chi connectivity index (χ0n) is 10.5. The molecule has 1 aromatic carbocycles. The molecule has 3 heteroatoms. The Morgan fingerprint density at radius 1 is 1.22 bits per heavy atom. The first kappa shape index (κ1) is 10.6. The van der Waals surface area contributed by atoms with Crippen LogP contribution >= 0.6 is 0 Å². The van der Waals surface area contributed by atoms with E-state index < -0.39 is 0 Å². The summed E-state index contributed by atoms with van der Waals surface area (Å²) < 4.78 is 0. The minimum absolute atomic E-state index is 0.283. The Balaban J connectivity index is 1.90. The van der Waals surface area contributed by atoms with E-state index in [4.69, 9.17) is 5.73 Å². The molecule has 1 aromatic heterocycles. The summed E-state index contributed by atoms with van der Waals surface area (Å²) in [6, 6.07) is 9.33. The lowest BCUT2D eigenvalue weighted by molar-refractivity contribution is 0.116. The van der Waals surface area contributed by atoms with E-state index in [9.17, 15) is 0 Å². The van der Waals surface area contributed by atoms with Gasteiger partial charge in [-0.15, -0.1) is 0 Å². The first-order chi connectivity index (χ1) is 8.84. The highest BCUT2D eigenvalue weighted by atomic mass is 15.2. The Hall–Kier alpha value is -1.32. The zero-order valence-corrected chi connectivity index (χ0v) is 10.5. The highest BCUT2D eigenvalue weighted by Gasteiger charge is 2.36. The highest BCUT2D eigenvalue weighted by molar-refractivity contribution is 5.85. The summed E-state index contributed by atoms with van der Waals surface area (Å²) in [7, 11) is 0. The number of benzene rings is 1. The third kappa shape index (κ3) is 1.38. The zero-order chi connectivity index (χ0) is 12.1. The average Bonchev–Trinajstić information content (AvgIpc) is 2.77. The van der Waals surface area contributed by atoms with Crippen LogP contribution in [0.1, 0.15) is 30.1 Å². The van der Waals surface area contributed by atoms with Gasteiger partial charge in [-0.05, 0) is 37.4 Å². The van der Waals surface area contributed by atoms with Crippen molar-refractivity contribution < 1.29 is 0 Å². The summed E-state index contributed by atoms with van der Waals surface area (Å²) in [4.78, 5) is 6.19. The van der Waals surface area contributed by atoms with Gasteiger partial charge in [0.2, 0.25) is 0 Å². The summed E-state index contributed by atoms with van der Waals surface area (Å²) in [5, 5.41) is 1.39. The Morgan fingerprint density at radius 3 is 3.06 bits per heavy atom. The maximum absolute atomic E-state index is 6.36. The molecule has 0 spiro atoms.